The van der Waals surface area contributed by atoms with Crippen LogP contribution in [0.2, 0.25) is 0 Å². The number of anilines is 2. The minimum Gasteiger partial charge on any atom is -0.370 e. The van der Waals surface area contributed by atoms with Crippen LogP contribution in [0.5, 0.6) is 0 Å². The number of piperidine rings is 1. The van der Waals surface area contributed by atoms with Crippen molar-refractivity contribution in [3.8, 4) is 0 Å². The maximum absolute atomic E-state index is 12.9. The van der Waals surface area contributed by atoms with Crippen LogP contribution in [0.25, 0.3) is 6.08 Å². The highest BCUT2D eigenvalue weighted by Crippen LogP contribution is 2.31. The van der Waals surface area contributed by atoms with Crippen molar-refractivity contribution in [1.82, 2.24) is 9.80 Å². The molecule has 33 heavy (non-hydrogen) atoms. The quantitative estimate of drug-likeness (QED) is 0.705. The first-order chi connectivity index (χ1) is 16.1. The fraction of sp³-hybridized carbons (Fsp3) is 0.464. The number of rotatable bonds is 4. The second-order valence-corrected chi connectivity index (χ2v) is 9.99. The highest BCUT2D eigenvalue weighted by molar-refractivity contribution is 5.89. The molecule has 0 spiro atoms. The molecule has 0 bridgehead atoms. The van der Waals surface area contributed by atoms with Crippen LogP contribution >= 0.6 is 0 Å². The van der Waals surface area contributed by atoms with Gasteiger partial charge in [0.15, 0.2) is 0 Å². The topological polar surface area (TPSA) is 38.8 Å². The smallest absolute Gasteiger partial charge is 0.321 e. The molecular weight excluding hydrogens is 408 g/mol. The molecule has 2 aromatic carbocycles. The van der Waals surface area contributed by atoms with E-state index < -0.39 is 0 Å². The van der Waals surface area contributed by atoms with Gasteiger partial charge in [-0.2, -0.15) is 0 Å². The van der Waals surface area contributed by atoms with Gasteiger partial charge in [0, 0.05) is 43.6 Å². The van der Waals surface area contributed by atoms with Gasteiger partial charge in [0.2, 0.25) is 0 Å². The van der Waals surface area contributed by atoms with Crippen LogP contribution in [0, 0.1) is 0 Å². The summed E-state index contributed by atoms with van der Waals surface area (Å²) in [6.45, 7) is 3.76. The Kier molecular flexibility index (Phi) is 6.41. The third kappa shape index (κ3) is 4.93. The monoisotopic (exact) mass is 444 g/mol. The summed E-state index contributed by atoms with van der Waals surface area (Å²) in [5.41, 5.74) is 6.38. The van der Waals surface area contributed by atoms with Gasteiger partial charge in [0.1, 0.15) is 0 Å². The lowest BCUT2D eigenvalue weighted by Gasteiger charge is -2.32. The zero-order chi connectivity index (χ0) is 22.8. The van der Waals surface area contributed by atoms with Crippen LogP contribution in [-0.4, -0.2) is 62.1 Å². The molecule has 3 aliphatic rings. The van der Waals surface area contributed by atoms with Gasteiger partial charge in [-0.15, -0.1) is 0 Å². The molecule has 1 unspecified atom stereocenters. The number of hydrogen-bond acceptors (Lipinski definition) is 3. The summed E-state index contributed by atoms with van der Waals surface area (Å²) in [5, 5.41) is 3.10. The predicted octanol–water partition coefficient (Wildman–Crippen LogP) is 5.20. The average Bonchev–Trinajstić information content (AvgIpc) is 3.35. The number of carbonyl (C=O) groups is 1. The van der Waals surface area contributed by atoms with E-state index in [0.717, 1.165) is 57.5 Å². The molecule has 2 aliphatic heterocycles. The van der Waals surface area contributed by atoms with E-state index in [9.17, 15) is 4.79 Å². The molecule has 1 atom stereocenters. The average molecular weight is 445 g/mol. The first-order valence-corrected chi connectivity index (χ1v) is 12.4. The number of likely N-dealkylation sites (tertiary alicyclic amines) is 1. The summed E-state index contributed by atoms with van der Waals surface area (Å²) in [7, 11) is 4.31. The van der Waals surface area contributed by atoms with Gasteiger partial charge >= 0.3 is 6.03 Å². The van der Waals surface area contributed by atoms with Crippen molar-refractivity contribution in [3.05, 3.63) is 65.2 Å². The molecule has 5 heteroatoms. The van der Waals surface area contributed by atoms with Crippen molar-refractivity contribution in [1.29, 1.82) is 0 Å². The summed E-state index contributed by atoms with van der Waals surface area (Å²) in [6, 6.07) is 15.9. The van der Waals surface area contributed by atoms with E-state index >= 15 is 0 Å². The van der Waals surface area contributed by atoms with Gasteiger partial charge in [0.05, 0.1) is 0 Å². The number of fused-ring (bicyclic) bond motifs is 1. The molecular formula is C28H36N4O. The number of benzene rings is 2. The summed E-state index contributed by atoms with van der Waals surface area (Å²) in [6.07, 6.45) is 10.1. The van der Waals surface area contributed by atoms with Gasteiger partial charge in [0.25, 0.3) is 0 Å². The number of amides is 2. The molecule has 5 nitrogen and oxygen atoms in total. The lowest BCUT2D eigenvalue weighted by molar-refractivity contribution is 0.194. The molecule has 2 saturated heterocycles. The first-order valence-electron chi connectivity index (χ1n) is 12.4. The van der Waals surface area contributed by atoms with Gasteiger partial charge in [-0.3, -0.25) is 0 Å². The lowest BCUT2D eigenvalue weighted by atomic mass is 9.86. The molecule has 5 rings (SSSR count). The normalized spacial score (nSPS) is 20.9. The minimum atomic E-state index is 0.0171. The molecule has 0 saturated carbocycles. The Hall–Kier alpha value is -2.79. The number of urea groups is 1. The fourth-order valence-corrected chi connectivity index (χ4v) is 5.47. The van der Waals surface area contributed by atoms with E-state index in [-0.39, 0.29) is 6.03 Å². The van der Waals surface area contributed by atoms with Crippen molar-refractivity contribution in [2.45, 2.75) is 44.1 Å². The molecule has 2 heterocycles. The summed E-state index contributed by atoms with van der Waals surface area (Å²) in [4.78, 5) is 19.5. The van der Waals surface area contributed by atoms with Gasteiger partial charge < -0.3 is 20.0 Å². The van der Waals surface area contributed by atoms with Crippen LogP contribution in [0.4, 0.5) is 16.2 Å². The molecule has 2 amide bonds. The minimum absolute atomic E-state index is 0.0171. The summed E-state index contributed by atoms with van der Waals surface area (Å²) < 4.78 is 0. The lowest BCUT2D eigenvalue weighted by Crippen LogP contribution is -2.40. The summed E-state index contributed by atoms with van der Waals surface area (Å²) >= 11 is 0. The first kappa shape index (κ1) is 22.0. The standard InChI is InChI=1S/C28H36N4O/c1-30(2)27-15-18-32(20-27)26-11-9-25(10-12-26)29-28(33)31-16-13-22(14-17-31)24-8-7-21-5-3-4-6-23(21)19-24/h4,6-12,19,22,27H,3,5,13-18,20H2,1-2H3,(H,29,33). The van der Waals surface area contributed by atoms with Crippen LogP contribution < -0.4 is 10.2 Å². The van der Waals surface area contributed by atoms with Crippen LogP contribution in [-0.2, 0) is 6.42 Å². The third-order valence-electron chi connectivity index (χ3n) is 7.68. The molecule has 1 N–H and O–H groups in total. The van der Waals surface area contributed by atoms with E-state index in [1.54, 1.807) is 0 Å². The van der Waals surface area contributed by atoms with Crippen molar-refractivity contribution < 1.29 is 4.79 Å². The third-order valence-corrected chi connectivity index (χ3v) is 7.68. The zero-order valence-corrected chi connectivity index (χ0v) is 20.0. The van der Waals surface area contributed by atoms with Crippen LogP contribution in [0.3, 0.4) is 0 Å². The number of nitrogens with one attached hydrogen (secondary N) is 1. The van der Waals surface area contributed by atoms with E-state index in [1.165, 1.54) is 28.8 Å². The molecule has 174 valence electrons. The highest BCUT2D eigenvalue weighted by atomic mass is 16.2. The summed E-state index contributed by atoms with van der Waals surface area (Å²) in [5.74, 6) is 0.542. The Morgan fingerprint density at radius 3 is 2.52 bits per heavy atom. The Balaban J connectivity index is 1.13. The Morgan fingerprint density at radius 1 is 1.00 bits per heavy atom. The van der Waals surface area contributed by atoms with Crippen molar-refractivity contribution in [2.24, 2.45) is 0 Å². The molecule has 2 aromatic rings. The fourth-order valence-electron chi connectivity index (χ4n) is 5.47. The van der Waals surface area contributed by atoms with E-state index in [4.69, 9.17) is 0 Å². The number of aryl methyl sites for hydroxylation is 1. The SMILES string of the molecule is CN(C)C1CCN(c2ccc(NC(=O)N3CCC(c4ccc5c(c4)C=CCC5)CC3)cc2)C1. The van der Waals surface area contributed by atoms with E-state index in [2.05, 4.69) is 71.7 Å². The van der Waals surface area contributed by atoms with Gasteiger partial charge in [-0.1, -0.05) is 30.4 Å². The molecule has 1 aliphatic carbocycles. The highest BCUT2D eigenvalue weighted by Gasteiger charge is 2.26. The number of carbonyl (C=O) groups excluding carboxylic acids is 1. The largest absolute Gasteiger partial charge is 0.370 e. The number of nitrogens with zero attached hydrogens (tertiary/aromatic N) is 3. The number of likely N-dealkylation sites (N-methyl/N-ethyl adjacent to an activating group) is 1. The second kappa shape index (κ2) is 9.60. The predicted molar refractivity (Wildman–Crippen MR) is 137 cm³/mol. The molecule has 0 aromatic heterocycles. The van der Waals surface area contributed by atoms with Crippen LogP contribution in [0.1, 0.15) is 48.3 Å². The van der Waals surface area contributed by atoms with E-state index in [0.29, 0.717) is 12.0 Å². The Morgan fingerprint density at radius 2 is 1.79 bits per heavy atom. The second-order valence-electron chi connectivity index (χ2n) is 9.99. The van der Waals surface area contributed by atoms with Gasteiger partial charge in [-0.05, 0) is 93.1 Å². The number of hydrogen-bond donors (Lipinski definition) is 1. The van der Waals surface area contributed by atoms with Gasteiger partial charge in [-0.25, -0.2) is 4.79 Å². The van der Waals surface area contributed by atoms with Crippen LogP contribution in [0.15, 0.2) is 48.5 Å². The zero-order valence-electron chi connectivity index (χ0n) is 20.0. The van der Waals surface area contributed by atoms with Crippen molar-refractivity contribution in [2.75, 3.05) is 50.5 Å². The molecule has 0 radical (unpaired) electrons. The number of allylic oxidation sites excluding steroid dienone is 1. The van der Waals surface area contributed by atoms with Crippen molar-refractivity contribution >= 4 is 23.5 Å². The Labute approximate surface area is 198 Å². The maximum Gasteiger partial charge on any atom is 0.321 e. The molecule has 2 fully saturated rings. The van der Waals surface area contributed by atoms with E-state index in [1.807, 2.05) is 17.0 Å². The maximum atomic E-state index is 12.9. The van der Waals surface area contributed by atoms with Crippen molar-refractivity contribution in [3.63, 3.8) is 0 Å². The Bertz CT molecular complexity index is 1010.